The zero-order chi connectivity index (χ0) is 32.1. The Morgan fingerprint density at radius 1 is 0.511 bits per heavy atom. The van der Waals surface area contributed by atoms with Gasteiger partial charge in [0, 0.05) is 26.9 Å². The molecule has 0 fully saturated rings. The number of halogens is 1. The van der Waals surface area contributed by atoms with E-state index in [0.717, 1.165) is 28.0 Å². The molecule has 7 aromatic carbocycles. The molecule has 0 aromatic heterocycles. The molecule has 0 atom stereocenters. The fourth-order valence-corrected chi connectivity index (χ4v) is 7.85. The van der Waals surface area contributed by atoms with E-state index in [2.05, 4.69) is 193 Å². The number of aryl methyl sites for hydroxylation is 1. The first-order valence-corrected chi connectivity index (χ1v) is 17.1. The highest BCUT2D eigenvalue weighted by Crippen LogP contribution is 2.49. The topological polar surface area (TPSA) is 3.24 Å². The van der Waals surface area contributed by atoms with Gasteiger partial charge in [0.2, 0.25) is 0 Å². The van der Waals surface area contributed by atoms with Gasteiger partial charge in [-0.25, -0.2) is 0 Å². The number of benzene rings is 7. The number of fused-ring (bicyclic) bond motifs is 4. The molecule has 0 unspecified atom stereocenters. The van der Waals surface area contributed by atoms with Gasteiger partial charge in [-0.3, -0.25) is 0 Å². The van der Waals surface area contributed by atoms with Crippen molar-refractivity contribution in [2.45, 2.75) is 32.6 Å². The van der Waals surface area contributed by atoms with Crippen LogP contribution in [-0.4, -0.2) is 0 Å². The number of anilines is 3. The summed E-state index contributed by atoms with van der Waals surface area (Å²) in [5, 5.41) is 2.43. The first-order chi connectivity index (χ1) is 22.9. The van der Waals surface area contributed by atoms with Crippen molar-refractivity contribution in [3.8, 4) is 22.3 Å². The maximum Gasteiger partial charge on any atom is 0.0468 e. The van der Waals surface area contributed by atoms with E-state index in [0.29, 0.717) is 0 Å². The smallest absolute Gasteiger partial charge is 0.0468 e. The molecule has 0 amide bonds. The Morgan fingerprint density at radius 3 is 1.98 bits per heavy atom. The largest absolute Gasteiger partial charge is 0.310 e. The van der Waals surface area contributed by atoms with Gasteiger partial charge in [0.05, 0.1) is 0 Å². The van der Waals surface area contributed by atoms with Crippen molar-refractivity contribution in [2.75, 3.05) is 4.90 Å². The van der Waals surface area contributed by atoms with E-state index in [4.69, 9.17) is 0 Å². The lowest BCUT2D eigenvalue weighted by atomic mass is 9.81. The lowest BCUT2D eigenvalue weighted by Gasteiger charge is -2.27. The zero-order valence-corrected chi connectivity index (χ0v) is 28.6. The van der Waals surface area contributed by atoms with Gasteiger partial charge in [0.15, 0.2) is 0 Å². The Kier molecular flexibility index (Phi) is 7.34. The van der Waals surface area contributed by atoms with Gasteiger partial charge in [0.1, 0.15) is 0 Å². The number of nitrogens with zero attached hydrogens (tertiary/aromatic N) is 1. The molecule has 0 spiro atoms. The molecule has 47 heavy (non-hydrogen) atoms. The van der Waals surface area contributed by atoms with Gasteiger partial charge in [-0.15, -0.1) is 0 Å². The van der Waals surface area contributed by atoms with Crippen LogP contribution in [0.3, 0.4) is 0 Å². The van der Waals surface area contributed by atoms with Crippen LogP contribution < -0.4 is 4.90 Å². The molecular formula is C45H36BrN. The van der Waals surface area contributed by atoms with Crippen LogP contribution in [0.2, 0.25) is 0 Å². The Hall–Kier alpha value is -4.92. The van der Waals surface area contributed by atoms with E-state index >= 15 is 0 Å². The third kappa shape index (κ3) is 5.27. The van der Waals surface area contributed by atoms with Gasteiger partial charge in [-0.1, -0.05) is 133 Å². The van der Waals surface area contributed by atoms with E-state index < -0.39 is 0 Å². The Balaban J connectivity index is 1.15. The predicted molar refractivity (Wildman–Crippen MR) is 203 cm³/mol. The summed E-state index contributed by atoms with van der Waals surface area (Å²) in [6, 6.07) is 55.6. The molecule has 0 bridgehead atoms. The number of hydrogen-bond acceptors (Lipinski definition) is 1. The summed E-state index contributed by atoms with van der Waals surface area (Å²) >= 11 is 3.62. The average Bonchev–Trinajstić information content (AvgIpc) is 3.32. The zero-order valence-electron chi connectivity index (χ0n) is 27.0. The van der Waals surface area contributed by atoms with Crippen LogP contribution in [0.5, 0.6) is 0 Å². The number of rotatable bonds is 6. The van der Waals surface area contributed by atoms with Gasteiger partial charge >= 0.3 is 0 Å². The highest BCUT2D eigenvalue weighted by atomic mass is 79.9. The molecule has 0 aliphatic heterocycles. The predicted octanol–water partition coefficient (Wildman–Crippen LogP) is 12.9. The highest BCUT2D eigenvalue weighted by molar-refractivity contribution is 9.10. The minimum absolute atomic E-state index is 0.000387. The molecule has 1 aliphatic carbocycles. The summed E-state index contributed by atoms with van der Waals surface area (Å²) in [6.45, 7) is 6.96. The summed E-state index contributed by atoms with van der Waals surface area (Å²) in [5.74, 6) is 0. The molecule has 7 aromatic rings. The van der Waals surface area contributed by atoms with Crippen LogP contribution in [0.1, 0.15) is 41.7 Å². The maximum absolute atomic E-state index is 3.62. The molecule has 0 N–H and O–H groups in total. The minimum atomic E-state index is 0.000387. The average molecular weight is 671 g/mol. The molecule has 228 valence electrons. The number of para-hydroxylation sites is 1. The molecule has 1 aliphatic rings. The summed E-state index contributed by atoms with van der Waals surface area (Å²) in [5.41, 5.74) is 15.5. The van der Waals surface area contributed by atoms with Crippen molar-refractivity contribution in [3.63, 3.8) is 0 Å². The van der Waals surface area contributed by atoms with E-state index in [1.54, 1.807) is 0 Å². The van der Waals surface area contributed by atoms with Crippen molar-refractivity contribution < 1.29 is 0 Å². The number of hydrogen-bond donors (Lipinski definition) is 0. The molecule has 1 nitrogen and oxygen atoms in total. The second-order valence-corrected chi connectivity index (χ2v) is 14.1. The van der Waals surface area contributed by atoms with Crippen molar-refractivity contribution >= 4 is 43.8 Å². The van der Waals surface area contributed by atoms with Gasteiger partial charge in [-0.2, -0.15) is 0 Å². The molecule has 8 rings (SSSR count). The van der Waals surface area contributed by atoms with Crippen molar-refractivity contribution in [1.82, 2.24) is 0 Å². The van der Waals surface area contributed by atoms with E-state index in [1.165, 1.54) is 60.8 Å². The normalized spacial score (nSPS) is 12.9. The third-order valence-electron chi connectivity index (χ3n) is 9.88. The fourth-order valence-electron chi connectivity index (χ4n) is 7.48. The Morgan fingerprint density at radius 2 is 1.15 bits per heavy atom. The summed E-state index contributed by atoms with van der Waals surface area (Å²) in [7, 11) is 0. The van der Waals surface area contributed by atoms with Crippen LogP contribution in [0, 0.1) is 6.92 Å². The van der Waals surface area contributed by atoms with E-state index in [9.17, 15) is 0 Å². The highest BCUT2D eigenvalue weighted by Gasteiger charge is 2.35. The van der Waals surface area contributed by atoms with Gasteiger partial charge < -0.3 is 4.90 Å². The van der Waals surface area contributed by atoms with Crippen molar-refractivity contribution in [3.05, 3.63) is 184 Å². The Bertz CT molecular complexity index is 2280. The maximum atomic E-state index is 3.62. The van der Waals surface area contributed by atoms with Crippen LogP contribution in [0.25, 0.3) is 33.0 Å². The lowest BCUT2D eigenvalue weighted by molar-refractivity contribution is 0.659. The van der Waals surface area contributed by atoms with Crippen LogP contribution in [-0.2, 0) is 11.8 Å². The fraction of sp³-hybridized carbons (Fsp3) is 0.111. The first kappa shape index (κ1) is 29.5. The summed E-state index contributed by atoms with van der Waals surface area (Å²) in [4.78, 5) is 2.36. The lowest BCUT2D eigenvalue weighted by Crippen LogP contribution is -2.15. The Labute approximate surface area is 286 Å². The van der Waals surface area contributed by atoms with Gasteiger partial charge in [-0.05, 0) is 123 Å². The monoisotopic (exact) mass is 669 g/mol. The minimum Gasteiger partial charge on any atom is -0.310 e. The summed E-state index contributed by atoms with van der Waals surface area (Å²) < 4.78 is 1.09. The van der Waals surface area contributed by atoms with Crippen molar-refractivity contribution in [2.24, 2.45) is 0 Å². The second kappa shape index (κ2) is 11.7. The first-order valence-electron chi connectivity index (χ1n) is 16.3. The molecule has 0 saturated carbocycles. The third-order valence-corrected chi connectivity index (χ3v) is 10.4. The van der Waals surface area contributed by atoms with Crippen molar-refractivity contribution in [1.29, 1.82) is 0 Å². The van der Waals surface area contributed by atoms with Crippen LogP contribution in [0.15, 0.2) is 156 Å². The van der Waals surface area contributed by atoms with E-state index in [-0.39, 0.29) is 5.41 Å². The molecule has 2 heteroatoms. The van der Waals surface area contributed by atoms with Crippen LogP contribution >= 0.6 is 15.9 Å². The van der Waals surface area contributed by atoms with Gasteiger partial charge in [0.25, 0.3) is 0 Å². The second-order valence-electron chi connectivity index (χ2n) is 13.2. The molecule has 0 saturated heterocycles. The standard InChI is InChI=1S/C45H36BrN/c1-30-25-37(47(36-12-5-4-6-13-36)38-21-19-32-28-35(46)20-18-33(32)29-38)22-24-39(30)40-14-8-7-11-34(40)26-31-17-23-42-41-15-9-10-16-43(41)45(2,3)44(42)27-31/h4-25,27-29H,26H2,1-3H3. The molecule has 0 radical (unpaired) electrons. The SMILES string of the molecule is Cc1cc(N(c2ccccc2)c2ccc3cc(Br)ccc3c2)ccc1-c1ccccc1Cc1ccc2c(c1)C(C)(C)c1ccccc1-2. The van der Waals surface area contributed by atoms with Crippen LogP contribution in [0.4, 0.5) is 17.1 Å². The molecule has 0 heterocycles. The summed E-state index contributed by atoms with van der Waals surface area (Å²) in [6.07, 6.45) is 0.889. The molecular weight excluding hydrogens is 634 g/mol. The van der Waals surface area contributed by atoms with E-state index in [1.807, 2.05) is 0 Å². The quantitative estimate of drug-likeness (QED) is 0.170.